The maximum absolute atomic E-state index is 13.6. The van der Waals surface area contributed by atoms with Gasteiger partial charge in [0.15, 0.2) is 9.84 Å². The van der Waals surface area contributed by atoms with Crippen LogP contribution in [-0.4, -0.2) is 62.0 Å². The predicted molar refractivity (Wildman–Crippen MR) is 108 cm³/mol. The molecule has 0 spiro atoms. The molecule has 1 aliphatic heterocycles. The van der Waals surface area contributed by atoms with Crippen LogP contribution in [0.1, 0.15) is 47.7 Å². The average molecular weight is 403 g/mol. The van der Waals surface area contributed by atoms with Gasteiger partial charge in [0, 0.05) is 43.3 Å². The lowest BCUT2D eigenvalue weighted by molar-refractivity contribution is 0.0676. The van der Waals surface area contributed by atoms with Crippen molar-refractivity contribution in [3.8, 4) is 0 Å². The number of carbonyl (C=O) groups is 1. The zero-order valence-corrected chi connectivity index (χ0v) is 17.0. The Morgan fingerprint density at radius 1 is 1.25 bits per heavy atom. The minimum absolute atomic E-state index is 0.0459. The number of rotatable bonds is 7. The van der Waals surface area contributed by atoms with Crippen molar-refractivity contribution < 1.29 is 17.9 Å². The number of hydrogen-bond acceptors (Lipinski definition) is 5. The number of pyridine rings is 1. The number of fused-ring (bicyclic) bond motifs is 1. The second-order valence-corrected chi connectivity index (χ2v) is 10.0. The van der Waals surface area contributed by atoms with Gasteiger partial charge in [-0.2, -0.15) is 0 Å². The monoisotopic (exact) mass is 402 g/mol. The van der Waals surface area contributed by atoms with E-state index in [9.17, 15) is 13.2 Å². The molecule has 2 fully saturated rings. The fourth-order valence-electron chi connectivity index (χ4n) is 3.97. The number of para-hydroxylation sites is 1. The maximum Gasteiger partial charge on any atom is 0.254 e. The van der Waals surface area contributed by atoms with E-state index in [1.165, 1.54) is 0 Å². The summed E-state index contributed by atoms with van der Waals surface area (Å²) in [6.07, 6.45) is 3.39. The van der Waals surface area contributed by atoms with Crippen molar-refractivity contribution in [1.29, 1.82) is 0 Å². The number of benzene rings is 1. The molecule has 1 atom stereocenters. The van der Waals surface area contributed by atoms with Crippen LogP contribution < -0.4 is 0 Å². The Morgan fingerprint density at radius 2 is 2.04 bits per heavy atom. The number of aromatic nitrogens is 1. The number of carbonyl (C=O) groups excluding carboxylic acids is 1. The minimum Gasteiger partial charge on any atom is -0.385 e. The largest absolute Gasteiger partial charge is 0.385 e. The number of nitrogens with zero attached hydrogens (tertiary/aromatic N) is 2. The van der Waals surface area contributed by atoms with E-state index < -0.39 is 9.84 Å². The Labute approximate surface area is 165 Å². The quantitative estimate of drug-likeness (QED) is 0.666. The number of ether oxygens (including phenoxy) is 1. The van der Waals surface area contributed by atoms with Gasteiger partial charge in [0.1, 0.15) is 0 Å². The molecule has 7 heteroatoms. The summed E-state index contributed by atoms with van der Waals surface area (Å²) in [7, 11) is -1.45. The van der Waals surface area contributed by atoms with E-state index in [0.717, 1.165) is 29.4 Å². The van der Waals surface area contributed by atoms with E-state index in [1.54, 1.807) is 12.0 Å². The second kappa shape index (κ2) is 7.79. The molecule has 2 aromatic rings. The standard InChI is InChI=1S/C21H26N2O4S/c1-27-11-4-10-23(16-9-12-28(25,26)14-16)21(24)18-13-20(15-7-8-15)22-19-6-3-2-5-17(18)19/h2-3,5-6,13,15-16H,4,7-12,14H2,1H3. The molecule has 28 heavy (non-hydrogen) atoms. The van der Waals surface area contributed by atoms with E-state index in [2.05, 4.69) is 0 Å². The highest BCUT2D eigenvalue weighted by Gasteiger charge is 2.36. The smallest absolute Gasteiger partial charge is 0.254 e. The Morgan fingerprint density at radius 3 is 2.71 bits per heavy atom. The first-order chi connectivity index (χ1) is 13.5. The molecule has 4 rings (SSSR count). The molecule has 0 N–H and O–H groups in total. The van der Waals surface area contributed by atoms with Crippen molar-refractivity contribution in [3.63, 3.8) is 0 Å². The summed E-state index contributed by atoms with van der Waals surface area (Å²) in [5, 5.41) is 0.828. The lowest BCUT2D eigenvalue weighted by atomic mass is 10.0. The molecular weight excluding hydrogens is 376 g/mol. The van der Waals surface area contributed by atoms with Gasteiger partial charge in [-0.1, -0.05) is 18.2 Å². The summed E-state index contributed by atoms with van der Waals surface area (Å²) in [4.78, 5) is 20.1. The fourth-order valence-corrected chi connectivity index (χ4v) is 5.70. The van der Waals surface area contributed by atoms with Crippen LogP contribution in [0, 0.1) is 0 Å². The lowest BCUT2D eigenvalue weighted by Crippen LogP contribution is -2.42. The highest BCUT2D eigenvalue weighted by Crippen LogP contribution is 2.40. The van der Waals surface area contributed by atoms with Crippen LogP contribution in [0.5, 0.6) is 0 Å². The zero-order chi connectivity index (χ0) is 19.7. The summed E-state index contributed by atoms with van der Waals surface area (Å²) in [6.45, 7) is 1.02. The highest BCUT2D eigenvalue weighted by atomic mass is 32.2. The van der Waals surface area contributed by atoms with E-state index in [-0.39, 0.29) is 23.5 Å². The topological polar surface area (TPSA) is 76.6 Å². The zero-order valence-electron chi connectivity index (χ0n) is 16.1. The van der Waals surface area contributed by atoms with Gasteiger partial charge in [0.25, 0.3) is 5.91 Å². The minimum atomic E-state index is -3.08. The summed E-state index contributed by atoms with van der Waals surface area (Å²) in [5.41, 5.74) is 2.43. The molecule has 1 saturated heterocycles. The van der Waals surface area contributed by atoms with Gasteiger partial charge in [-0.15, -0.1) is 0 Å². The predicted octanol–water partition coefficient (Wildman–Crippen LogP) is 2.78. The highest BCUT2D eigenvalue weighted by molar-refractivity contribution is 7.91. The third-order valence-corrected chi connectivity index (χ3v) is 7.37. The van der Waals surface area contributed by atoms with Gasteiger partial charge >= 0.3 is 0 Å². The van der Waals surface area contributed by atoms with Gasteiger partial charge in [0.2, 0.25) is 0 Å². The molecule has 0 radical (unpaired) electrons. The second-order valence-electron chi connectivity index (χ2n) is 7.79. The van der Waals surface area contributed by atoms with Crippen LogP contribution in [0.4, 0.5) is 0 Å². The molecule has 1 unspecified atom stereocenters. The molecule has 2 heterocycles. The lowest BCUT2D eigenvalue weighted by Gasteiger charge is -2.29. The molecular formula is C21H26N2O4S. The van der Waals surface area contributed by atoms with Gasteiger partial charge in [-0.25, -0.2) is 8.42 Å². The third kappa shape index (κ3) is 4.05. The maximum atomic E-state index is 13.6. The molecule has 1 aromatic heterocycles. The molecule has 2 aliphatic rings. The van der Waals surface area contributed by atoms with Crippen molar-refractivity contribution in [1.82, 2.24) is 9.88 Å². The van der Waals surface area contributed by atoms with Crippen molar-refractivity contribution in [2.45, 2.75) is 37.6 Å². The van der Waals surface area contributed by atoms with Crippen LogP contribution in [0.3, 0.4) is 0 Å². The van der Waals surface area contributed by atoms with Crippen molar-refractivity contribution in [3.05, 3.63) is 41.6 Å². The van der Waals surface area contributed by atoms with Gasteiger partial charge in [-0.3, -0.25) is 9.78 Å². The molecule has 150 valence electrons. The molecule has 1 aliphatic carbocycles. The van der Waals surface area contributed by atoms with Gasteiger partial charge in [-0.05, 0) is 37.8 Å². The Bertz CT molecular complexity index is 985. The number of sulfone groups is 1. The first-order valence-electron chi connectivity index (χ1n) is 9.88. The van der Waals surface area contributed by atoms with Crippen LogP contribution in [0.25, 0.3) is 10.9 Å². The van der Waals surface area contributed by atoms with E-state index in [1.807, 2.05) is 30.3 Å². The summed E-state index contributed by atoms with van der Waals surface area (Å²) < 4.78 is 29.2. The molecule has 6 nitrogen and oxygen atoms in total. The van der Waals surface area contributed by atoms with Gasteiger partial charge < -0.3 is 9.64 Å². The summed E-state index contributed by atoms with van der Waals surface area (Å²) in [6, 6.07) is 9.35. The number of methoxy groups -OCH3 is 1. The third-order valence-electron chi connectivity index (χ3n) is 5.62. The Hall–Kier alpha value is -1.99. The van der Waals surface area contributed by atoms with Crippen molar-refractivity contribution in [2.24, 2.45) is 0 Å². The van der Waals surface area contributed by atoms with Crippen molar-refractivity contribution in [2.75, 3.05) is 31.8 Å². The first kappa shape index (κ1) is 19.3. The molecule has 0 bridgehead atoms. The first-order valence-corrected chi connectivity index (χ1v) is 11.7. The summed E-state index contributed by atoms with van der Waals surface area (Å²) in [5.74, 6) is 0.532. The van der Waals surface area contributed by atoms with E-state index in [4.69, 9.17) is 9.72 Å². The van der Waals surface area contributed by atoms with Crippen LogP contribution in [0.15, 0.2) is 30.3 Å². The SMILES string of the molecule is COCCCN(C(=O)c1cc(C2CC2)nc2ccccc12)C1CCS(=O)(=O)C1. The number of hydrogen-bond donors (Lipinski definition) is 0. The Balaban J connectivity index is 1.71. The number of amides is 1. The van der Waals surface area contributed by atoms with Crippen LogP contribution in [-0.2, 0) is 14.6 Å². The van der Waals surface area contributed by atoms with Crippen LogP contribution >= 0.6 is 0 Å². The Kier molecular flexibility index (Phi) is 5.38. The fraction of sp³-hybridized carbons (Fsp3) is 0.524. The van der Waals surface area contributed by atoms with Gasteiger partial charge in [0.05, 0.1) is 22.6 Å². The van der Waals surface area contributed by atoms with E-state index >= 15 is 0 Å². The molecule has 1 saturated carbocycles. The van der Waals surface area contributed by atoms with Crippen LogP contribution in [0.2, 0.25) is 0 Å². The average Bonchev–Trinajstić information content (AvgIpc) is 3.47. The summed E-state index contributed by atoms with van der Waals surface area (Å²) >= 11 is 0. The molecule has 1 amide bonds. The van der Waals surface area contributed by atoms with E-state index in [0.29, 0.717) is 37.5 Å². The molecule has 1 aromatic carbocycles. The van der Waals surface area contributed by atoms with Crippen molar-refractivity contribution >= 4 is 26.6 Å². The normalized spacial score (nSPS) is 21.1.